The molecule has 2 atom stereocenters. The van der Waals surface area contributed by atoms with Gasteiger partial charge in [-0.3, -0.25) is 9.59 Å². The molecule has 0 aromatic carbocycles. The molecule has 21 heavy (non-hydrogen) atoms. The lowest BCUT2D eigenvalue weighted by Gasteiger charge is -2.30. The molecule has 0 saturated heterocycles. The van der Waals surface area contributed by atoms with Crippen LogP contribution in [0.2, 0.25) is 0 Å². The summed E-state index contributed by atoms with van der Waals surface area (Å²) in [5.74, 6) is -2.41. The molecule has 0 aromatic rings. The van der Waals surface area contributed by atoms with Crippen LogP contribution < -0.4 is 5.32 Å². The van der Waals surface area contributed by atoms with Crippen LogP contribution in [0.4, 0.5) is 4.79 Å². The highest BCUT2D eigenvalue weighted by Gasteiger charge is 2.39. The second-order valence-corrected chi connectivity index (χ2v) is 6.31. The van der Waals surface area contributed by atoms with E-state index in [-0.39, 0.29) is 0 Å². The van der Waals surface area contributed by atoms with Gasteiger partial charge in [-0.05, 0) is 25.6 Å². The number of hydrogen-bond donors (Lipinski definition) is 2. The molecule has 0 spiro atoms. The zero-order valence-electron chi connectivity index (χ0n) is 12.5. The van der Waals surface area contributed by atoms with Crippen LogP contribution in [-0.2, 0) is 23.9 Å². The fourth-order valence-electron chi connectivity index (χ4n) is 1.43. The van der Waals surface area contributed by atoms with Crippen molar-refractivity contribution in [3.63, 3.8) is 0 Å². The highest BCUT2D eigenvalue weighted by molar-refractivity contribution is 8.14. The highest BCUT2D eigenvalue weighted by Crippen LogP contribution is 2.30. The Hall–Kier alpha value is -1.77. The van der Waals surface area contributed by atoms with Gasteiger partial charge in [0.05, 0.1) is 4.75 Å². The molecule has 0 bridgehead atoms. The summed E-state index contributed by atoms with van der Waals surface area (Å²) in [6, 6.07) is -1.28. The molecule has 0 fully saturated rings. The van der Waals surface area contributed by atoms with E-state index in [1.165, 1.54) is 34.6 Å². The standard InChI is InChI=1S/C12H19NO7S/c1-6(14)13-9(10(16)17)12(4,5)21-11(18)20-8(3)19-7(2)15/h8-9H,1-5H3,(H,13,14)(H,16,17)/t8-,9+/m1/s1. The minimum atomic E-state index is -1.28. The summed E-state index contributed by atoms with van der Waals surface area (Å²) >= 11 is 0.588. The van der Waals surface area contributed by atoms with Gasteiger partial charge in [-0.25, -0.2) is 9.59 Å². The van der Waals surface area contributed by atoms with E-state index in [0.29, 0.717) is 11.8 Å². The van der Waals surface area contributed by atoms with Crippen LogP contribution in [0.1, 0.15) is 34.6 Å². The van der Waals surface area contributed by atoms with Crippen molar-refractivity contribution in [3.8, 4) is 0 Å². The molecule has 0 aliphatic rings. The maximum Gasteiger partial charge on any atom is 0.370 e. The molecular formula is C12H19NO7S. The fraction of sp³-hybridized carbons (Fsp3) is 0.667. The number of nitrogens with one attached hydrogen (secondary N) is 1. The highest BCUT2D eigenvalue weighted by atomic mass is 32.2. The van der Waals surface area contributed by atoms with Crippen molar-refractivity contribution in [1.29, 1.82) is 0 Å². The van der Waals surface area contributed by atoms with E-state index < -0.39 is 40.2 Å². The van der Waals surface area contributed by atoms with Gasteiger partial charge in [-0.15, -0.1) is 0 Å². The second-order valence-electron chi connectivity index (χ2n) is 4.72. The normalized spacial score (nSPS) is 13.8. The van der Waals surface area contributed by atoms with E-state index in [2.05, 4.69) is 10.1 Å². The molecular weight excluding hydrogens is 302 g/mol. The lowest BCUT2D eigenvalue weighted by molar-refractivity contribution is -0.160. The number of carboxylic acid groups (broad SMARTS) is 1. The quantitative estimate of drug-likeness (QED) is 0.552. The number of thioether (sulfide) groups is 1. The Kier molecular flexibility index (Phi) is 7.20. The molecule has 0 aliphatic heterocycles. The Labute approximate surface area is 126 Å². The van der Waals surface area contributed by atoms with E-state index >= 15 is 0 Å². The van der Waals surface area contributed by atoms with Crippen LogP contribution in [0, 0.1) is 0 Å². The van der Waals surface area contributed by atoms with Crippen LogP contribution in [-0.4, -0.2) is 45.3 Å². The minimum absolute atomic E-state index is 0.530. The number of hydrogen-bond acceptors (Lipinski definition) is 7. The summed E-state index contributed by atoms with van der Waals surface area (Å²) in [5.41, 5.74) is 0. The van der Waals surface area contributed by atoms with Crippen molar-refractivity contribution in [2.45, 2.75) is 51.7 Å². The molecule has 0 radical (unpaired) electrons. The predicted octanol–water partition coefficient (Wildman–Crippen LogP) is 1.13. The number of carboxylic acids is 1. The van der Waals surface area contributed by atoms with Crippen LogP contribution in [0.3, 0.4) is 0 Å². The Morgan fingerprint density at radius 3 is 2.05 bits per heavy atom. The number of esters is 1. The number of amides is 1. The average Bonchev–Trinajstić information content (AvgIpc) is 2.22. The van der Waals surface area contributed by atoms with Crippen molar-refractivity contribution < 1.29 is 33.8 Å². The SMILES string of the molecule is CC(=O)N[C@@H](C(=O)O)C(C)(C)SC(=O)O[C@H](C)OC(C)=O. The van der Waals surface area contributed by atoms with Crippen molar-refractivity contribution >= 4 is 34.9 Å². The molecule has 1 amide bonds. The number of carbonyl (C=O) groups excluding carboxylic acids is 3. The Balaban J connectivity index is 4.75. The molecule has 120 valence electrons. The first kappa shape index (κ1) is 19.2. The summed E-state index contributed by atoms with van der Waals surface area (Å²) in [6.07, 6.45) is -1.08. The monoisotopic (exact) mass is 321 g/mol. The molecule has 0 unspecified atom stereocenters. The smallest absolute Gasteiger partial charge is 0.370 e. The zero-order valence-corrected chi connectivity index (χ0v) is 13.3. The lowest BCUT2D eigenvalue weighted by Crippen LogP contribution is -2.52. The third-order valence-corrected chi connectivity index (χ3v) is 3.25. The van der Waals surface area contributed by atoms with Gasteiger partial charge in [0.15, 0.2) is 0 Å². The summed E-state index contributed by atoms with van der Waals surface area (Å²) in [4.78, 5) is 44.6. The van der Waals surface area contributed by atoms with Gasteiger partial charge >= 0.3 is 17.2 Å². The van der Waals surface area contributed by atoms with E-state index in [1.807, 2.05) is 0 Å². The molecule has 8 nitrogen and oxygen atoms in total. The molecule has 0 rings (SSSR count). The summed E-state index contributed by atoms with van der Waals surface area (Å²) in [6.45, 7) is 6.65. The maximum atomic E-state index is 11.7. The fourth-order valence-corrected chi connectivity index (χ4v) is 2.32. The predicted molar refractivity (Wildman–Crippen MR) is 74.6 cm³/mol. The number of aliphatic carboxylic acids is 1. The van der Waals surface area contributed by atoms with Gasteiger partial charge in [0.1, 0.15) is 6.04 Å². The Morgan fingerprint density at radius 1 is 1.14 bits per heavy atom. The third kappa shape index (κ3) is 7.54. The summed E-state index contributed by atoms with van der Waals surface area (Å²) < 4.78 is 8.27. The first-order valence-electron chi connectivity index (χ1n) is 6.02. The van der Waals surface area contributed by atoms with Gasteiger partial charge in [0.25, 0.3) is 0 Å². The molecule has 9 heteroatoms. The average molecular weight is 321 g/mol. The van der Waals surface area contributed by atoms with E-state index in [4.69, 9.17) is 9.84 Å². The number of carbonyl (C=O) groups is 4. The molecule has 0 saturated carbocycles. The Bertz CT molecular complexity index is 435. The van der Waals surface area contributed by atoms with Gasteiger partial charge < -0.3 is 19.9 Å². The van der Waals surface area contributed by atoms with Crippen molar-refractivity contribution in [2.75, 3.05) is 0 Å². The summed E-state index contributed by atoms with van der Waals surface area (Å²) in [7, 11) is 0. The van der Waals surface area contributed by atoms with Gasteiger partial charge in [0.2, 0.25) is 12.2 Å². The van der Waals surface area contributed by atoms with Gasteiger partial charge in [0, 0.05) is 20.8 Å². The topological polar surface area (TPSA) is 119 Å². The Morgan fingerprint density at radius 2 is 1.67 bits per heavy atom. The van der Waals surface area contributed by atoms with Crippen molar-refractivity contribution in [2.24, 2.45) is 0 Å². The van der Waals surface area contributed by atoms with Crippen molar-refractivity contribution in [3.05, 3.63) is 0 Å². The lowest BCUT2D eigenvalue weighted by atomic mass is 10.0. The maximum absolute atomic E-state index is 11.7. The van der Waals surface area contributed by atoms with Gasteiger partial charge in [-0.2, -0.15) is 0 Å². The minimum Gasteiger partial charge on any atom is -0.480 e. The van der Waals surface area contributed by atoms with Crippen LogP contribution in [0.5, 0.6) is 0 Å². The molecule has 0 heterocycles. The first-order chi connectivity index (χ1) is 9.45. The second kappa shape index (κ2) is 7.87. The molecule has 2 N–H and O–H groups in total. The molecule has 0 aromatic heterocycles. The van der Waals surface area contributed by atoms with Crippen LogP contribution >= 0.6 is 11.8 Å². The van der Waals surface area contributed by atoms with Gasteiger partial charge in [-0.1, -0.05) is 0 Å². The van der Waals surface area contributed by atoms with Crippen LogP contribution in [0.25, 0.3) is 0 Å². The zero-order chi connectivity index (χ0) is 16.8. The van der Waals surface area contributed by atoms with Crippen molar-refractivity contribution in [1.82, 2.24) is 5.32 Å². The first-order valence-corrected chi connectivity index (χ1v) is 6.84. The third-order valence-electron chi connectivity index (χ3n) is 2.23. The summed E-state index contributed by atoms with van der Waals surface area (Å²) in [5, 5.41) is 10.6. The van der Waals surface area contributed by atoms with Crippen LogP contribution in [0.15, 0.2) is 0 Å². The van der Waals surface area contributed by atoms with E-state index in [9.17, 15) is 19.2 Å². The van der Waals surface area contributed by atoms with E-state index in [1.54, 1.807) is 0 Å². The number of ether oxygens (including phenoxy) is 2. The molecule has 0 aliphatic carbocycles. The van der Waals surface area contributed by atoms with E-state index in [0.717, 1.165) is 0 Å². The number of rotatable bonds is 6. The largest absolute Gasteiger partial charge is 0.480 e.